The topological polar surface area (TPSA) is 45.9 Å². The Morgan fingerprint density at radius 1 is 1.03 bits per heavy atom. The average Bonchev–Trinajstić information content (AvgIpc) is 2.76. The smallest absolute Gasteiger partial charge is 0.243 e. The molecule has 5 heteroatoms. The first-order valence-electron chi connectivity index (χ1n) is 10.1. The van der Waals surface area contributed by atoms with E-state index in [0.29, 0.717) is 0 Å². The van der Waals surface area contributed by atoms with Gasteiger partial charge in [-0.2, -0.15) is 5.10 Å². The highest BCUT2D eigenvalue weighted by atomic mass is 79.9. The molecule has 1 aliphatic rings. The Morgan fingerprint density at radius 2 is 1.76 bits per heavy atom. The Kier molecular flexibility index (Phi) is 6.37. The molecule has 1 fully saturated rings. The first-order chi connectivity index (χ1) is 14.2. The molecule has 29 heavy (non-hydrogen) atoms. The highest BCUT2D eigenvalue weighted by molar-refractivity contribution is 9.10. The zero-order valence-electron chi connectivity index (χ0n) is 16.3. The summed E-state index contributed by atoms with van der Waals surface area (Å²) >= 11 is 3.48. The fourth-order valence-corrected chi connectivity index (χ4v) is 4.17. The molecule has 1 aliphatic heterocycles. The minimum absolute atomic E-state index is 0.0322. The Hall–Kier alpha value is -2.50. The third kappa shape index (κ3) is 5.31. The van der Waals surface area contributed by atoms with Crippen molar-refractivity contribution in [1.82, 2.24) is 5.43 Å². The van der Waals surface area contributed by atoms with Gasteiger partial charge >= 0.3 is 0 Å². The van der Waals surface area contributed by atoms with Gasteiger partial charge in [0.2, 0.25) is 5.91 Å². The van der Waals surface area contributed by atoms with E-state index in [2.05, 4.69) is 75.0 Å². The number of likely N-dealkylation sites (tertiary alicyclic amines) is 1. The Balaban J connectivity index is 1.26. The van der Waals surface area contributed by atoms with Crippen molar-refractivity contribution in [2.24, 2.45) is 11.0 Å². The number of rotatable bonds is 5. The van der Waals surface area contributed by atoms with Crippen molar-refractivity contribution < 1.29 is 9.69 Å². The first kappa shape index (κ1) is 19.8. The van der Waals surface area contributed by atoms with E-state index in [-0.39, 0.29) is 11.8 Å². The van der Waals surface area contributed by atoms with Crippen LogP contribution in [-0.4, -0.2) is 25.2 Å². The van der Waals surface area contributed by atoms with Crippen LogP contribution in [0.5, 0.6) is 0 Å². The fourth-order valence-electron chi connectivity index (χ4n) is 3.91. The molecule has 4 nitrogen and oxygen atoms in total. The third-order valence-electron chi connectivity index (χ3n) is 5.59. The molecule has 1 saturated heterocycles. The quantitative estimate of drug-likeness (QED) is 0.453. The van der Waals surface area contributed by atoms with E-state index in [1.165, 1.54) is 21.2 Å². The van der Waals surface area contributed by atoms with Crippen LogP contribution in [-0.2, 0) is 11.3 Å². The number of nitrogens with one attached hydrogen (secondary N) is 2. The van der Waals surface area contributed by atoms with Gasteiger partial charge in [-0.1, -0.05) is 64.5 Å². The molecule has 0 atom stereocenters. The summed E-state index contributed by atoms with van der Waals surface area (Å²) < 4.78 is 1.11. The maximum atomic E-state index is 12.5. The van der Waals surface area contributed by atoms with Crippen LogP contribution in [0.4, 0.5) is 0 Å². The fraction of sp³-hybridized carbons (Fsp3) is 0.250. The molecule has 4 rings (SSSR count). The van der Waals surface area contributed by atoms with Crippen LogP contribution in [0.15, 0.2) is 76.3 Å². The molecule has 0 spiro atoms. The molecule has 0 saturated carbocycles. The molecule has 0 aromatic heterocycles. The van der Waals surface area contributed by atoms with Gasteiger partial charge in [-0.05, 0) is 34.5 Å². The highest BCUT2D eigenvalue weighted by Crippen LogP contribution is 2.15. The van der Waals surface area contributed by atoms with Gasteiger partial charge in [0.1, 0.15) is 6.54 Å². The van der Waals surface area contributed by atoms with Gasteiger partial charge in [-0.15, -0.1) is 0 Å². The normalized spacial score (nSPS) is 19.5. The SMILES string of the molecule is O=C(N/N=C\c1ccc2ccccc2c1)C1CC[NH+](Cc2ccc(Br)cc2)CC1. The maximum absolute atomic E-state index is 12.5. The second-order valence-electron chi connectivity index (χ2n) is 7.67. The molecular formula is C24H25BrN3O+. The van der Waals surface area contributed by atoms with Crippen LogP contribution in [0.2, 0.25) is 0 Å². The number of amides is 1. The van der Waals surface area contributed by atoms with Crippen molar-refractivity contribution in [2.75, 3.05) is 13.1 Å². The van der Waals surface area contributed by atoms with Crippen LogP contribution in [0, 0.1) is 5.92 Å². The molecule has 3 aromatic carbocycles. The van der Waals surface area contributed by atoms with E-state index in [4.69, 9.17) is 0 Å². The molecule has 3 aromatic rings. The zero-order chi connectivity index (χ0) is 20.1. The minimum Gasteiger partial charge on any atom is -0.331 e. The summed E-state index contributed by atoms with van der Waals surface area (Å²) in [5, 5.41) is 6.55. The van der Waals surface area contributed by atoms with Crippen LogP contribution in [0.25, 0.3) is 10.8 Å². The monoisotopic (exact) mass is 450 g/mol. The molecule has 148 valence electrons. The minimum atomic E-state index is 0.0322. The summed E-state index contributed by atoms with van der Waals surface area (Å²) in [6.45, 7) is 3.05. The zero-order valence-corrected chi connectivity index (χ0v) is 17.9. The number of carbonyl (C=O) groups excluding carboxylic acids is 1. The third-order valence-corrected chi connectivity index (χ3v) is 6.12. The standard InChI is InChI=1S/C24H24BrN3O/c25-23-9-6-18(7-10-23)17-28-13-11-21(12-14-28)24(29)27-26-16-19-5-8-20-3-1-2-4-22(20)15-19/h1-10,15-16,21H,11-14,17H2,(H,27,29)/p+1/b26-16-. The lowest BCUT2D eigenvalue weighted by Crippen LogP contribution is -3.11. The first-order valence-corrected chi connectivity index (χ1v) is 10.9. The predicted octanol–water partition coefficient (Wildman–Crippen LogP) is 3.55. The molecule has 0 aliphatic carbocycles. The number of hydrogen-bond donors (Lipinski definition) is 2. The average molecular weight is 451 g/mol. The molecule has 0 radical (unpaired) electrons. The number of piperidine rings is 1. The Morgan fingerprint density at radius 3 is 2.52 bits per heavy atom. The second-order valence-corrected chi connectivity index (χ2v) is 8.58. The molecule has 2 N–H and O–H groups in total. The molecule has 1 amide bonds. The van der Waals surface area contributed by atoms with Crippen LogP contribution < -0.4 is 10.3 Å². The number of quaternary nitrogens is 1. The maximum Gasteiger partial charge on any atom is 0.243 e. The van der Waals surface area contributed by atoms with Gasteiger partial charge in [0.15, 0.2) is 0 Å². The molecule has 0 bridgehead atoms. The van der Waals surface area contributed by atoms with Crippen LogP contribution in [0.3, 0.4) is 0 Å². The number of hydrogen-bond acceptors (Lipinski definition) is 2. The van der Waals surface area contributed by atoms with E-state index >= 15 is 0 Å². The van der Waals surface area contributed by atoms with Crippen molar-refractivity contribution in [3.63, 3.8) is 0 Å². The summed E-state index contributed by atoms with van der Waals surface area (Å²) in [5.74, 6) is 0.0853. The number of hydrazone groups is 1. The van der Waals surface area contributed by atoms with E-state index in [1.54, 1.807) is 6.21 Å². The summed E-state index contributed by atoms with van der Waals surface area (Å²) in [6.07, 6.45) is 3.53. The largest absolute Gasteiger partial charge is 0.331 e. The van der Waals surface area contributed by atoms with E-state index in [9.17, 15) is 4.79 Å². The van der Waals surface area contributed by atoms with Crippen molar-refractivity contribution in [1.29, 1.82) is 0 Å². The molecule has 1 heterocycles. The number of benzene rings is 3. The summed E-state index contributed by atoms with van der Waals surface area (Å²) in [4.78, 5) is 14.0. The summed E-state index contributed by atoms with van der Waals surface area (Å²) in [7, 11) is 0. The van der Waals surface area contributed by atoms with Gasteiger partial charge in [0.05, 0.1) is 25.2 Å². The second kappa shape index (κ2) is 9.33. The number of halogens is 1. The lowest BCUT2D eigenvalue weighted by Gasteiger charge is -2.28. The Bertz CT molecular complexity index is 1010. The number of fused-ring (bicyclic) bond motifs is 1. The van der Waals surface area contributed by atoms with E-state index in [0.717, 1.165) is 42.5 Å². The van der Waals surface area contributed by atoms with E-state index < -0.39 is 0 Å². The lowest BCUT2D eigenvalue weighted by molar-refractivity contribution is -0.919. The van der Waals surface area contributed by atoms with Gasteiger partial charge in [-0.25, -0.2) is 5.43 Å². The van der Waals surface area contributed by atoms with E-state index in [1.807, 2.05) is 18.2 Å². The van der Waals surface area contributed by atoms with Gasteiger partial charge < -0.3 is 4.90 Å². The lowest BCUT2D eigenvalue weighted by atomic mass is 9.96. The number of carbonyl (C=O) groups is 1. The van der Waals surface area contributed by atoms with Gasteiger partial charge in [0.25, 0.3) is 0 Å². The van der Waals surface area contributed by atoms with Crippen LogP contribution >= 0.6 is 15.9 Å². The Labute approximate surface area is 179 Å². The van der Waals surface area contributed by atoms with Gasteiger partial charge in [0, 0.05) is 22.9 Å². The predicted molar refractivity (Wildman–Crippen MR) is 121 cm³/mol. The van der Waals surface area contributed by atoms with Gasteiger partial charge in [-0.3, -0.25) is 4.79 Å². The van der Waals surface area contributed by atoms with Crippen molar-refractivity contribution in [3.05, 3.63) is 82.3 Å². The summed E-state index contributed by atoms with van der Waals surface area (Å²) in [6, 6.07) is 22.9. The summed E-state index contributed by atoms with van der Waals surface area (Å²) in [5.41, 5.74) is 5.06. The number of nitrogens with zero attached hydrogens (tertiary/aromatic N) is 1. The molecule has 0 unspecified atom stereocenters. The highest BCUT2D eigenvalue weighted by Gasteiger charge is 2.27. The van der Waals surface area contributed by atoms with Crippen molar-refractivity contribution >= 4 is 38.8 Å². The van der Waals surface area contributed by atoms with Crippen molar-refractivity contribution in [2.45, 2.75) is 19.4 Å². The van der Waals surface area contributed by atoms with Crippen molar-refractivity contribution in [3.8, 4) is 0 Å². The van der Waals surface area contributed by atoms with Crippen LogP contribution in [0.1, 0.15) is 24.0 Å². The molecular weight excluding hydrogens is 426 g/mol.